The van der Waals surface area contributed by atoms with Gasteiger partial charge in [0.2, 0.25) is 0 Å². The first-order valence-electron chi connectivity index (χ1n) is 7.33. The predicted octanol–water partition coefficient (Wildman–Crippen LogP) is 3.52. The highest BCUT2D eigenvalue weighted by Crippen LogP contribution is 2.52. The molecule has 0 saturated heterocycles. The fourth-order valence-corrected chi connectivity index (χ4v) is 3.71. The average molecular weight is 267 g/mol. The number of rotatable bonds is 2. The average Bonchev–Trinajstić information content (AvgIpc) is 3.00. The van der Waals surface area contributed by atoms with Crippen molar-refractivity contribution in [3.8, 4) is 5.75 Å². The van der Waals surface area contributed by atoms with Gasteiger partial charge in [-0.25, -0.2) is 0 Å². The number of pyridine rings is 1. The molecule has 102 valence electrons. The normalized spacial score (nSPS) is 24.0. The number of carbonyl (C=O) groups excluding carboxylic acids is 1. The van der Waals surface area contributed by atoms with Gasteiger partial charge >= 0.3 is 0 Å². The minimum atomic E-state index is -0.176. The van der Waals surface area contributed by atoms with Crippen LogP contribution in [0, 0.1) is 5.41 Å². The maximum Gasteiger partial charge on any atom is 0.146 e. The second-order valence-electron chi connectivity index (χ2n) is 5.92. The Labute approximate surface area is 118 Å². The van der Waals surface area contributed by atoms with Crippen LogP contribution >= 0.6 is 0 Å². The first-order valence-corrected chi connectivity index (χ1v) is 7.33. The number of ether oxygens (including phenoxy) is 1. The largest absolute Gasteiger partial charge is 0.488 e. The van der Waals surface area contributed by atoms with Crippen molar-refractivity contribution in [1.29, 1.82) is 0 Å². The molecule has 1 spiro atoms. The van der Waals surface area contributed by atoms with Crippen molar-refractivity contribution in [2.45, 2.75) is 38.2 Å². The number of carbonyl (C=O) groups is 1. The van der Waals surface area contributed by atoms with E-state index in [1.807, 2.05) is 30.3 Å². The van der Waals surface area contributed by atoms with E-state index in [1.165, 1.54) is 0 Å². The van der Waals surface area contributed by atoms with Gasteiger partial charge in [0.05, 0.1) is 10.9 Å². The number of benzene rings is 1. The molecule has 2 saturated carbocycles. The topological polar surface area (TPSA) is 39.2 Å². The zero-order chi connectivity index (χ0) is 13.6. The van der Waals surface area contributed by atoms with Crippen LogP contribution in [-0.4, -0.2) is 16.9 Å². The van der Waals surface area contributed by atoms with Gasteiger partial charge in [0.1, 0.15) is 17.6 Å². The Morgan fingerprint density at radius 1 is 1.15 bits per heavy atom. The van der Waals surface area contributed by atoms with E-state index in [2.05, 4.69) is 4.98 Å². The molecule has 3 heteroatoms. The lowest BCUT2D eigenvalue weighted by molar-refractivity contribution is -0.151. The molecule has 0 amide bonds. The highest BCUT2D eigenvalue weighted by Gasteiger charge is 2.57. The van der Waals surface area contributed by atoms with E-state index in [9.17, 15) is 4.79 Å². The molecule has 1 unspecified atom stereocenters. The van der Waals surface area contributed by atoms with Gasteiger partial charge < -0.3 is 4.74 Å². The standard InChI is InChI=1S/C17H17NO2/c19-15-11-16(17(15)8-1-2-9-17)20-14-7-3-6-13-12(14)5-4-10-18-13/h3-7,10,16H,1-2,8-9,11H2. The van der Waals surface area contributed by atoms with Gasteiger partial charge in [-0.1, -0.05) is 18.9 Å². The second-order valence-corrected chi connectivity index (χ2v) is 5.92. The monoisotopic (exact) mass is 267 g/mol. The van der Waals surface area contributed by atoms with E-state index in [1.54, 1.807) is 6.20 Å². The van der Waals surface area contributed by atoms with Gasteiger partial charge in [-0.05, 0) is 37.1 Å². The molecule has 3 nitrogen and oxygen atoms in total. The first kappa shape index (κ1) is 11.9. The fraction of sp³-hybridized carbons (Fsp3) is 0.412. The van der Waals surface area contributed by atoms with Gasteiger partial charge in [-0.2, -0.15) is 0 Å². The molecule has 0 N–H and O–H groups in total. The summed E-state index contributed by atoms with van der Waals surface area (Å²) in [6.45, 7) is 0. The molecular formula is C17H17NO2. The van der Waals surface area contributed by atoms with E-state index >= 15 is 0 Å². The van der Waals surface area contributed by atoms with Crippen molar-refractivity contribution in [3.05, 3.63) is 36.5 Å². The van der Waals surface area contributed by atoms with Gasteiger partial charge in [0.25, 0.3) is 0 Å². The van der Waals surface area contributed by atoms with Crippen LogP contribution in [0.2, 0.25) is 0 Å². The Kier molecular flexibility index (Phi) is 2.56. The molecule has 0 bridgehead atoms. The Morgan fingerprint density at radius 3 is 2.80 bits per heavy atom. The van der Waals surface area contributed by atoms with Crippen LogP contribution in [0.3, 0.4) is 0 Å². The molecule has 4 rings (SSSR count). The van der Waals surface area contributed by atoms with Crippen molar-refractivity contribution in [2.24, 2.45) is 5.41 Å². The van der Waals surface area contributed by atoms with Crippen molar-refractivity contribution in [3.63, 3.8) is 0 Å². The lowest BCUT2D eigenvalue weighted by atomic mass is 9.63. The SMILES string of the molecule is O=C1CC(Oc2cccc3ncccc23)C12CCCC2. The molecule has 1 heterocycles. The summed E-state index contributed by atoms with van der Waals surface area (Å²) >= 11 is 0. The molecular weight excluding hydrogens is 250 g/mol. The van der Waals surface area contributed by atoms with E-state index in [0.29, 0.717) is 12.2 Å². The Hall–Kier alpha value is -1.90. The highest BCUT2D eigenvalue weighted by molar-refractivity contribution is 5.93. The van der Waals surface area contributed by atoms with Crippen molar-refractivity contribution < 1.29 is 9.53 Å². The van der Waals surface area contributed by atoms with Crippen molar-refractivity contribution in [1.82, 2.24) is 4.98 Å². The van der Waals surface area contributed by atoms with Crippen LogP contribution < -0.4 is 4.74 Å². The minimum Gasteiger partial charge on any atom is -0.488 e. The summed E-state index contributed by atoms with van der Waals surface area (Å²) < 4.78 is 6.21. The Bertz CT molecular complexity index is 668. The summed E-state index contributed by atoms with van der Waals surface area (Å²) in [6.07, 6.45) is 6.72. The number of aromatic nitrogens is 1. The van der Waals surface area contributed by atoms with E-state index < -0.39 is 0 Å². The Balaban J connectivity index is 1.67. The molecule has 2 aromatic rings. The zero-order valence-corrected chi connectivity index (χ0v) is 11.3. The number of Topliss-reactive ketones (excluding diaryl/α,β-unsaturated/α-hetero) is 1. The van der Waals surface area contributed by atoms with E-state index in [4.69, 9.17) is 4.74 Å². The smallest absolute Gasteiger partial charge is 0.146 e. The Morgan fingerprint density at radius 2 is 2.00 bits per heavy atom. The molecule has 0 radical (unpaired) electrons. The summed E-state index contributed by atoms with van der Waals surface area (Å²) in [5, 5.41) is 1.03. The molecule has 2 fully saturated rings. The lowest BCUT2D eigenvalue weighted by Crippen LogP contribution is -2.55. The zero-order valence-electron chi connectivity index (χ0n) is 11.3. The lowest BCUT2D eigenvalue weighted by Gasteiger charge is -2.44. The molecule has 20 heavy (non-hydrogen) atoms. The summed E-state index contributed by atoms with van der Waals surface area (Å²) in [4.78, 5) is 16.4. The maximum absolute atomic E-state index is 12.0. The minimum absolute atomic E-state index is 0.0586. The van der Waals surface area contributed by atoms with Crippen molar-refractivity contribution >= 4 is 16.7 Å². The van der Waals surface area contributed by atoms with Crippen molar-refractivity contribution in [2.75, 3.05) is 0 Å². The fourth-order valence-electron chi connectivity index (χ4n) is 3.71. The molecule has 2 aliphatic carbocycles. The number of fused-ring (bicyclic) bond motifs is 1. The first-order chi connectivity index (χ1) is 9.79. The van der Waals surface area contributed by atoms with E-state index in [0.717, 1.165) is 42.3 Å². The highest BCUT2D eigenvalue weighted by atomic mass is 16.5. The summed E-state index contributed by atoms with van der Waals surface area (Å²) in [6, 6.07) is 9.88. The summed E-state index contributed by atoms with van der Waals surface area (Å²) in [5.74, 6) is 1.26. The second kappa shape index (κ2) is 4.30. The summed E-state index contributed by atoms with van der Waals surface area (Å²) in [5.41, 5.74) is 0.765. The third-order valence-electron chi connectivity index (χ3n) is 4.91. The quantitative estimate of drug-likeness (QED) is 0.835. The molecule has 1 aromatic carbocycles. The van der Waals surface area contributed by atoms with Crippen LogP contribution in [0.1, 0.15) is 32.1 Å². The number of hydrogen-bond acceptors (Lipinski definition) is 3. The van der Waals surface area contributed by atoms with Gasteiger partial charge in [-0.15, -0.1) is 0 Å². The third-order valence-corrected chi connectivity index (χ3v) is 4.91. The van der Waals surface area contributed by atoms with Gasteiger partial charge in [0.15, 0.2) is 0 Å². The molecule has 1 atom stereocenters. The third kappa shape index (κ3) is 1.59. The van der Waals surface area contributed by atoms with E-state index in [-0.39, 0.29) is 11.5 Å². The molecule has 1 aromatic heterocycles. The predicted molar refractivity (Wildman–Crippen MR) is 76.7 cm³/mol. The molecule has 0 aliphatic heterocycles. The van der Waals surface area contributed by atoms with Crippen LogP contribution in [0.5, 0.6) is 5.75 Å². The van der Waals surface area contributed by atoms with Crippen LogP contribution in [0.15, 0.2) is 36.5 Å². The van der Waals surface area contributed by atoms with Crippen LogP contribution in [0.4, 0.5) is 0 Å². The molecule has 2 aliphatic rings. The number of nitrogens with zero attached hydrogens (tertiary/aromatic N) is 1. The van der Waals surface area contributed by atoms with Crippen LogP contribution in [-0.2, 0) is 4.79 Å². The number of ketones is 1. The maximum atomic E-state index is 12.0. The number of hydrogen-bond donors (Lipinski definition) is 0. The van der Waals surface area contributed by atoms with Crippen LogP contribution in [0.25, 0.3) is 10.9 Å². The summed E-state index contributed by atoms with van der Waals surface area (Å²) in [7, 11) is 0. The van der Waals surface area contributed by atoms with Gasteiger partial charge in [0, 0.05) is 18.0 Å². The van der Waals surface area contributed by atoms with Gasteiger partial charge in [-0.3, -0.25) is 9.78 Å².